The highest BCUT2D eigenvalue weighted by atomic mass is 32.2. The van der Waals surface area contributed by atoms with E-state index >= 15 is 0 Å². The molecule has 1 heterocycles. The van der Waals surface area contributed by atoms with Gasteiger partial charge in [-0.25, -0.2) is 0 Å². The van der Waals surface area contributed by atoms with Crippen LogP contribution in [-0.4, -0.2) is 5.78 Å². The Morgan fingerprint density at radius 1 is 0.975 bits per heavy atom. The first-order valence-corrected chi connectivity index (χ1v) is 14.8. The Kier molecular flexibility index (Phi) is 7.42. The number of nitrogens with zero attached hydrogens (tertiary/aromatic N) is 2. The van der Waals surface area contributed by atoms with Gasteiger partial charge >= 0.3 is 0 Å². The number of nitrogens with two attached hydrogens (primary N) is 1. The highest BCUT2D eigenvalue weighted by Crippen LogP contribution is 2.51. The van der Waals surface area contributed by atoms with E-state index in [0.29, 0.717) is 24.2 Å². The quantitative estimate of drug-likeness (QED) is 0.326. The predicted octanol–water partition coefficient (Wildman–Crippen LogP) is 8.15. The molecule has 0 saturated heterocycles. The van der Waals surface area contributed by atoms with Crippen molar-refractivity contribution < 1.29 is 4.79 Å². The summed E-state index contributed by atoms with van der Waals surface area (Å²) in [5.74, 6) is 0.842. The molecule has 5 rings (SSSR count). The molecule has 2 N–H and O–H groups in total. The van der Waals surface area contributed by atoms with E-state index in [0.717, 1.165) is 39.4 Å². The monoisotopic (exact) mass is 547 g/mol. The third-order valence-corrected chi connectivity index (χ3v) is 9.41. The maximum atomic E-state index is 14.0. The number of allylic oxidation sites excluding steroid dienone is 3. The predicted molar refractivity (Wildman–Crippen MR) is 165 cm³/mol. The summed E-state index contributed by atoms with van der Waals surface area (Å²) < 4.78 is 0. The van der Waals surface area contributed by atoms with E-state index in [1.807, 2.05) is 47.9 Å². The van der Waals surface area contributed by atoms with Gasteiger partial charge in [-0.1, -0.05) is 61.9 Å². The Morgan fingerprint density at radius 2 is 1.68 bits per heavy atom. The third-order valence-electron chi connectivity index (χ3n) is 8.19. The van der Waals surface area contributed by atoms with Crippen molar-refractivity contribution in [2.45, 2.75) is 71.0 Å². The Labute approximate surface area is 242 Å². The maximum absolute atomic E-state index is 14.0. The Balaban J connectivity index is 1.66. The van der Waals surface area contributed by atoms with Crippen molar-refractivity contribution in [3.8, 4) is 6.07 Å². The van der Waals surface area contributed by atoms with E-state index in [1.54, 1.807) is 0 Å². The van der Waals surface area contributed by atoms with Crippen LogP contribution in [0.5, 0.6) is 0 Å². The highest BCUT2D eigenvalue weighted by Gasteiger charge is 2.45. The maximum Gasteiger partial charge on any atom is 0.162 e. The number of anilines is 1. The normalized spacial score (nSPS) is 18.6. The van der Waals surface area contributed by atoms with Crippen LogP contribution < -0.4 is 10.6 Å². The van der Waals surface area contributed by atoms with Gasteiger partial charge < -0.3 is 5.73 Å². The second kappa shape index (κ2) is 10.7. The van der Waals surface area contributed by atoms with Crippen LogP contribution in [0.3, 0.4) is 0 Å². The first kappa shape index (κ1) is 27.8. The summed E-state index contributed by atoms with van der Waals surface area (Å²) >= 11 is 1.82. The van der Waals surface area contributed by atoms with Gasteiger partial charge in [0.2, 0.25) is 0 Å². The Bertz CT molecular complexity index is 1600. The van der Waals surface area contributed by atoms with Gasteiger partial charge in [0, 0.05) is 34.0 Å². The molecule has 1 unspecified atom stereocenters. The number of nitriles is 1. The lowest BCUT2D eigenvalue weighted by atomic mass is 9.68. The minimum absolute atomic E-state index is 0.101. The summed E-state index contributed by atoms with van der Waals surface area (Å²) in [5, 5.41) is 10.5. The van der Waals surface area contributed by atoms with Crippen LogP contribution in [0.25, 0.3) is 0 Å². The van der Waals surface area contributed by atoms with Crippen LogP contribution >= 0.6 is 11.8 Å². The van der Waals surface area contributed by atoms with E-state index in [4.69, 9.17) is 5.73 Å². The molecule has 0 amide bonds. The summed E-state index contributed by atoms with van der Waals surface area (Å²) in [7, 11) is 0. The van der Waals surface area contributed by atoms with Crippen LogP contribution in [0.15, 0.2) is 88.2 Å². The molecule has 1 aliphatic carbocycles. The van der Waals surface area contributed by atoms with Crippen molar-refractivity contribution in [1.29, 1.82) is 5.26 Å². The molecule has 0 bridgehead atoms. The Hall–Kier alpha value is -3.75. The molecule has 1 atom stereocenters. The minimum Gasteiger partial charge on any atom is -0.384 e. The van der Waals surface area contributed by atoms with E-state index in [-0.39, 0.29) is 11.2 Å². The summed E-state index contributed by atoms with van der Waals surface area (Å²) in [4.78, 5) is 17.2. The SMILES string of the molecule is Cc1ccc(N2C(N)=C(C#N)C(c3cc(CSc4ccccc4C)c(C)cc3C)C3=C2CC(C)(C)CC3=O)cc1. The highest BCUT2D eigenvalue weighted by molar-refractivity contribution is 7.98. The molecule has 40 heavy (non-hydrogen) atoms. The average molecular weight is 548 g/mol. The number of hydrogen-bond acceptors (Lipinski definition) is 5. The van der Waals surface area contributed by atoms with Crippen LogP contribution in [0.1, 0.15) is 66.0 Å². The van der Waals surface area contributed by atoms with Gasteiger partial charge in [0.15, 0.2) is 5.78 Å². The zero-order valence-corrected chi connectivity index (χ0v) is 25.1. The zero-order chi connectivity index (χ0) is 28.8. The van der Waals surface area contributed by atoms with Crippen molar-refractivity contribution in [1.82, 2.24) is 0 Å². The Morgan fingerprint density at radius 3 is 2.35 bits per heavy atom. The lowest BCUT2D eigenvalue weighted by Crippen LogP contribution is -2.42. The van der Waals surface area contributed by atoms with Gasteiger partial charge in [-0.15, -0.1) is 11.8 Å². The number of ketones is 1. The van der Waals surface area contributed by atoms with Crippen LogP contribution in [-0.2, 0) is 10.5 Å². The molecule has 0 aromatic heterocycles. The molecule has 4 nitrogen and oxygen atoms in total. The first-order valence-electron chi connectivity index (χ1n) is 13.8. The molecule has 0 saturated carbocycles. The first-order chi connectivity index (χ1) is 19.0. The van der Waals surface area contributed by atoms with Gasteiger partial charge in [-0.2, -0.15) is 5.26 Å². The van der Waals surface area contributed by atoms with Crippen molar-refractivity contribution >= 4 is 23.2 Å². The number of hydrogen-bond donors (Lipinski definition) is 1. The fraction of sp³-hybridized carbons (Fsp3) is 0.314. The van der Waals surface area contributed by atoms with Crippen LogP contribution in [0.2, 0.25) is 0 Å². The molecule has 204 valence electrons. The van der Waals surface area contributed by atoms with E-state index in [1.165, 1.54) is 21.6 Å². The lowest BCUT2D eigenvalue weighted by Gasteiger charge is -2.44. The molecular formula is C35H37N3OS. The van der Waals surface area contributed by atoms with E-state index in [2.05, 4.69) is 77.1 Å². The summed E-state index contributed by atoms with van der Waals surface area (Å²) in [6, 6.07) is 23.4. The number of aryl methyl sites for hydroxylation is 4. The summed E-state index contributed by atoms with van der Waals surface area (Å²) in [6.45, 7) is 12.7. The van der Waals surface area contributed by atoms with Gasteiger partial charge in [-0.05, 0) is 85.5 Å². The molecule has 3 aromatic rings. The summed E-state index contributed by atoms with van der Waals surface area (Å²) in [5.41, 5.74) is 16.5. The lowest BCUT2D eigenvalue weighted by molar-refractivity contribution is -0.118. The zero-order valence-electron chi connectivity index (χ0n) is 24.3. The molecule has 1 aliphatic heterocycles. The average Bonchev–Trinajstić information content (AvgIpc) is 2.89. The van der Waals surface area contributed by atoms with Gasteiger partial charge in [-0.3, -0.25) is 9.69 Å². The molecular weight excluding hydrogens is 510 g/mol. The van der Waals surface area contributed by atoms with Crippen molar-refractivity contribution in [2.75, 3.05) is 4.90 Å². The number of thioether (sulfide) groups is 1. The van der Waals surface area contributed by atoms with Gasteiger partial charge in [0.25, 0.3) is 0 Å². The largest absolute Gasteiger partial charge is 0.384 e. The number of rotatable bonds is 5. The van der Waals surface area contributed by atoms with E-state index in [9.17, 15) is 10.1 Å². The molecule has 5 heteroatoms. The molecule has 0 spiro atoms. The number of carbonyl (C=O) groups is 1. The molecule has 2 aliphatic rings. The number of carbonyl (C=O) groups excluding carboxylic acids is 1. The second-order valence-corrected chi connectivity index (χ2v) is 13.0. The topological polar surface area (TPSA) is 70.1 Å². The third kappa shape index (κ3) is 5.09. The minimum atomic E-state index is -0.479. The van der Waals surface area contributed by atoms with E-state index < -0.39 is 5.92 Å². The molecule has 0 fully saturated rings. The second-order valence-electron chi connectivity index (χ2n) is 12.0. The standard InChI is InChI=1S/C35H37N3OS/c1-21-11-13-26(14-12-21)38-29-17-35(5,6)18-30(39)33(29)32(28(19-36)34(38)37)27-16-25(23(3)15-24(27)4)20-40-31-10-8-7-9-22(31)2/h7-16,32H,17-18,20,37H2,1-6H3. The van der Waals surface area contributed by atoms with Crippen LogP contribution in [0, 0.1) is 44.4 Å². The molecule has 0 radical (unpaired) electrons. The summed E-state index contributed by atoms with van der Waals surface area (Å²) in [6.07, 6.45) is 1.16. The smallest absolute Gasteiger partial charge is 0.162 e. The van der Waals surface area contributed by atoms with Crippen molar-refractivity contribution in [2.24, 2.45) is 11.1 Å². The number of benzene rings is 3. The van der Waals surface area contributed by atoms with Gasteiger partial charge in [0.05, 0.1) is 17.6 Å². The molecule has 3 aromatic carbocycles. The fourth-order valence-corrected chi connectivity index (χ4v) is 7.16. The fourth-order valence-electron chi connectivity index (χ4n) is 6.07. The number of Topliss-reactive ketones (excluding diaryl/α,β-unsaturated/α-hetero) is 1. The van der Waals surface area contributed by atoms with Gasteiger partial charge in [0.1, 0.15) is 5.82 Å². The van der Waals surface area contributed by atoms with Crippen molar-refractivity contribution in [3.63, 3.8) is 0 Å². The van der Waals surface area contributed by atoms with Crippen LogP contribution in [0.4, 0.5) is 5.69 Å². The van der Waals surface area contributed by atoms with Crippen molar-refractivity contribution in [3.05, 3.63) is 117 Å².